The number of benzene rings is 1. The van der Waals surface area contributed by atoms with Gasteiger partial charge in [-0.05, 0) is 38.3 Å². The number of urea groups is 1. The van der Waals surface area contributed by atoms with Gasteiger partial charge in [-0.15, -0.1) is 0 Å². The largest absolute Gasteiger partial charge is 0.481 e. The van der Waals surface area contributed by atoms with E-state index in [2.05, 4.69) is 10.5 Å². The summed E-state index contributed by atoms with van der Waals surface area (Å²) in [4.78, 5) is 28.0. The minimum Gasteiger partial charge on any atom is -0.481 e. The van der Waals surface area contributed by atoms with Gasteiger partial charge in [-0.2, -0.15) is 0 Å². The lowest BCUT2D eigenvalue weighted by atomic mass is 9.99. The number of anilines is 2. The summed E-state index contributed by atoms with van der Waals surface area (Å²) in [7, 11) is 1.71. The van der Waals surface area contributed by atoms with Crippen molar-refractivity contribution >= 4 is 23.3 Å². The number of amides is 3. The topological polar surface area (TPSA) is 87.9 Å². The summed E-state index contributed by atoms with van der Waals surface area (Å²) in [6.45, 7) is 2.51. The molecule has 3 heterocycles. The van der Waals surface area contributed by atoms with Gasteiger partial charge in [0.05, 0.1) is 11.7 Å². The van der Waals surface area contributed by atoms with Gasteiger partial charge >= 0.3 is 6.03 Å². The van der Waals surface area contributed by atoms with Crippen molar-refractivity contribution in [2.75, 3.05) is 30.4 Å². The molecule has 27 heavy (non-hydrogen) atoms. The number of carbonyl (C=O) groups excluding carboxylic acids is 2. The normalized spacial score (nSPS) is 19.5. The zero-order chi connectivity index (χ0) is 19.0. The third kappa shape index (κ3) is 3.34. The Bertz CT molecular complexity index is 878. The lowest BCUT2D eigenvalue weighted by Crippen LogP contribution is -2.41. The minimum absolute atomic E-state index is 0.000604. The van der Waals surface area contributed by atoms with E-state index in [9.17, 15) is 9.59 Å². The van der Waals surface area contributed by atoms with Crippen LogP contribution in [-0.2, 0) is 4.79 Å². The molecular formula is C19H22N4O4. The molecule has 0 spiro atoms. The second kappa shape index (κ2) is 6.94. The Morgan fingerprint density at radius 2 is 2.15 bits per heavy atom. The van der Waals surface area contributed by atoms with Crippen molar-refractivity contribution in [3.63, 3.8) is 0 Å². The summed E-state index contributed by atoms with van der Waals surface area (Å²) in [5.74, 6) is 1.22. The molecule has 2 aliphatic rings. The Labute approximate surface area is 157 Å². The molecule has 142 valence electrons. The molecule has 1 aromatic heterocycles. The van der Waals surface area contributed by atoms with Gasteiger partial charge in [0.15, 0.2) is 6.61 Å². The highest BCUT2D eigenvalue weighted by Gasteiger charge is 2.30. The quantitative estimate of drug-likeness (QED) is 0.878. The first-order valence-corrected chi connectivity index (χ1v) is 9.07. The Morgan fingerprint density at radius 1 is 1.30 bits per heavy atom. The van der Waals surface area contributed by atoms with E-state index in [0.29, 0.717) is 23.7 Å². The van der Waals surface area contributed by atoms with Crippen molar-refractivity contribution in [3.05, 3.63) is 35.7 Å². The van der Waals surface area contributed by atoms with Gasteiger partial charge in [0.2, 0.25) is 0 Å². The number of carbonyl (C=O) groups is 2. The zero-order valence-electron chi connectivity index (χ0n) is 15.4. The molecule has 1 unspecified atom stereocenters. The van der Waals surface area contributed by atoms with Crippen molar-refractivity contribution in [3.8, 4) is 5.75 Å². The highest BCUT2D eigenvalue weighted by atomic mass is 16.5. The maximum Gasteiger partial charge on any atom is 0.322 e. The number of nitrogens with one attached hydrogen (secondary N) is 1. The maximum atomic E-state index is 12.9. The number of likely N-dealkylation sites (N-methyl/N-ethyl adjacent to an activating group) is 1. The van der Waals surface area contributed by atoms with Gasteiger partial charge in [-0.25, -0.2) is 4.79 Å². The van der Waals surface area contributed by atoms with Crippen molar-refractivity contribution in [1.82, 2.24) is 10.1 Å². The number of aromatic nitrogens is 1. The fourth-order valence-electron chi connectivity index (χ4n) is 3.58. The number of likely N-dealkylation sites (tertiary alicyclic amines) is 1. The van der Waals surface area contributed by atoms with E-state index >= 15 is 0 Å². The van der Waals surface area contributed by atoms with Crippen LogP contribution in [-0.4, -0.2) is 42.2 Å². The first kappa shape index (κ1) is 17.4. The molecule has 1 atom stereocenters. The van der Waals surface area contributed by atoms with E-state index in [0.717, 1.165) is 30.7 Å². The second-order valence-electron chi connectivity index (χ2n) is 6.92. The summed E-state index contributed by atoms with van der Waals surface area (Å²) in [5.41, 5.74) is 2.11. The number of fused-ring (bicyclic) bond motifs is 1. The SMILES string of the molecule is Cc1cc(C2CCCCN2C(=O)Nc2ccc3c(c2)OCC(=O)N3C)no1. The van der Waals surface area contributed by atoms with Crippen molar-refractivity contribution in [2.45, 2.75) is 32.2 Å². The van der Waals surface area contributed by atoms with Crippen LogP contribution in [0.3, 0.4) is 0 Å². The van der Waals surface area contributed by atoms with Crippen LogP contribution >= 0.6 is 0 Å². The molecule has 1 fully saturated rings. The smallest absolute Gasteiger partial charge is 0.322 e. The maximum absolute atomic E-state index is 12.9. The Hall–Kier alpha value is -3.03. The molecule has 8 nitrogen and oxygen atoms in total. The molecule has 3 amide bonds. The summed E-state index contributed by atoms with van der Waals surface area (Å²) < 4.78 is 10.7. The summed E-state index contributed by atoms with van der Waals surface area (Å²) in [6, 6.07) is 6.91. The average molecular weight is 370 g/mol. The number of hydrogen-bond donors (Lipinski definition) is 1. The van der Waals surface area contributed by atoms with Crippen LogP contribution in [0.15, 0.2) is 28.8 Å². The van der Waals surface area contributed by atoms with Gasteiger partial charge < -0.3 is 24.4 Å². The van der Waals surface area contributed by atoms with E-state index in [-0.39, 0.29) is 24.6 Å². The molecule has 0 aliphatic carbocycles. The minimum atomic E-state index is -0.180. The van der Waals surface area contributed by atoms with Crippen LogP contribution in [0.4, 0.5) is 16.2 Å². The number of aryl methyl sites for hydroxylation is 1. The lowest BCUT2D eigenvalue weighted by molar-refractivity contribution is -0.120. The predicted octanol–water partition coefficient (Wildman–Crippen LogP) is 3.10. The monoisotopic (exact) mass is 370 g/mol. The third-order valence-electron chi connectivity index (χ3n) is 5.05. The third-order valence-corrected chi connectivity index (χ3v) is 5.05. The predicted molar refractivity (Wildman–Crippen MR) is 98.9 cm³/mol. The number of nitrogens with zero attached hydrogens (tertiary/aromatic N) is 3. The van der Waals surface area contributed by atoms with Crippen LogP contribution < -0.4 is 15.0 Å². The zero-order valence-corrected chi connectivity index (χ0v) is 15.4. The molecule has 0 saturated carbocycles. The summed E-state index contributed by atoms with van der Waals surface area (Å²) in [5, 5.41) is 7.04. The summed E-state index contributed by atoms with van der Waals surface area (Å²) >= 11 is 0. The Balaban J connectivity index is 1.52. The first-order chi connectivity index (χ1) is 13.0. The van der Waals surface area contributed by atoms with Crippen LogP contribution in [0.25, 0.3) is 0 Å². The lowest BCUT2D eigenvalue weighted by Gasteiger charge is -2.34. The molecule has 0 bridgehead atoms. The number of piperidine rings is 1. The average Bonchev–Trinajstić information content (AvgIpc) is 3.11. The van der Waals surface area contributed by atoms with Crippen LogP contribution in [0, 0.1) is 6.92 Å². The molecular weight excluding hydrogens is 348 g/mol. The van der Waals surface area contributed by atoms with Crippen LogP contribution in [0.2, 0.25) is 0 Å². The summed E-state index contributed by atoms with van der Waals surface area (Å²) in [6.07, 6.45) is 2.87. The van der Waals surface area contributed by atoms with Crippen molar-refractivity contribution < 1.29 is 18.8 Å². The van der Waals surface area contributed by atoms with Crippen molar-refractivity contribution in [2.24, 2.45) is 0 Å². The molecule has 8 heteroatoms. The van der Waals surface area contributed by atoms with Crippen LogP contribution in [0.5, 0.6) is 5.75 Å². The van der Waals surface area contributed by atoms with E-state index in [1.165, 1.54) is 0 Å². The molecule has 1 aromatic carbocycles. The molecule has 0 radical (unpaired) electrons. The number of ether oxygens (including phenoxy) is 1. The van der Waals surface area contributed by atoms with Gasteiger partial charge in [-0.3, -0.25) is 4.79 Å². The first-order valence-electron chi connectivity index (χ1n) is 9.07. The van der Waals surface area contributed by atoms with E-state index in [4.69, 9.17) is 9.26 Å². The standard InChI is InChI=1S/C19H22N4O4/c1-12-9-14(21-27-12)15-5-3-4-8-23(15)19(25)20-13-6-7-16-17(10-13)26-11-18(24)22(16)2/h6-7,9-10,15H,3-5,8,11H2,1-2H3,(H,20,25). The Kier molecular flexibility index (Phi) is 4.47. The number of rotatable bonds is 2. The van der Waals surface area contributed by atoms with Gasteiger partial charge in [0.25, 0.3) is 5.91 Å². The Morgan fingerprint density at radius 3 is 2.93 bits per heavy atom. The molecule has 2 aromatic rings. The molecule has 1 N–H and O–H groups in total. The molecule has 2 aliphatic heterocycles. The fraction of sp³-hybridized carbons (Fsp3) is 0.421. The van der Waals surface area contributed by atoms with Gasteiger partial charge in [0.1, 0.15) is 17.2 Å². The van der Waals surface area contributed by atoms with Gasteiger partial charge in [0, 0.05) is 31.4 Å². The highest BCUT2D eigenvalue weighted by molar-refractivity contribution is 5.98. The van der Waals surface area contributed by atoms with E-state index < -0.39 is 0 Å². The molecule has 4 rings (SSSR count). The highest BCUT2D eigenvalue weighted by Crippen LogP contribution is 2.35. The number of hydrogen-bond acceptors (Lipinski definition) is 5. The van der Waals surface area contributed by atoms with E-state index in [1.807, 2.05) is 13.0 Å². The second-order valence-corrected chi connectivity index (χ2v) is 6.92. The molecule has 1 saturated heterocycles. The fourth-order valence-corrected chi connectivity index (χ4v) is 3.58. The van der Waals surface area contributed by atoms with Crippen molar-refractivity contribution in [1.29, 1.82) is 0 Å². The van der Waals surface area contributed by atoms with Gasteiger partial charge in [-0.1, -0.05) is 5.16 Å². The van der Waals surface area contributed by atoms with E-state index in [1.54, 1.807) is 35.0 Å². The van der Waals surface area contributed by atoms with Crippen LogP contribution in [0.1, 0.15) is 36.8 Å².